The van der Waals surface area contributed by atoms with Crippen LogP contribution in [0.4, 0.5) is 18.9 Å². The monoisotopic (exact) mass is 466 g/mol. The Balaban J connectivity index is 1.49. The van der Waals surface area contributed by atoms with Crippen LogP contribution in [0.3, 0.4) is 0 Å². The number of halogens is 3. The Morgan fingerprint density at radius 1 is 1.06 bits per heavy atom. The molecule has 0 unspecified atom stereocenters. The van der Waals surface area contributed by atoms with E-state index in [2.05, 4.69) is 14.5 Å². The lowest BCUT2D eigenvalue weighted by Crippen LogP contribution is -2.45. The fraction of sp³-hybridized carbons (Fsp3) is 0.520. The highest BCUT2D eigenvalue weighted by atomic mass is 19.4. The van der Waals surface area contributed by atoms with Crippen molar-refractivity contribution in [1.82, 2.24) is 4.90 Å². The van der Waals surface area contributed by atoms with Crippen LogP contribution in [0.2, 0.25) is 0 Å². The normalized spacial score (nSPS) is 16.6. The number of aliphatic hydroxyl groups is 1. The van der Waals surface area contributed by atoms with Gasteiger partial charge in [0.1, 0.15) is 11.5 Å². The van der Waals surface area contributed by atoms with Crippen LogP contribution in [0, 0.1) is 0 Å². The number of ether oxygens (including phenoxy) is 2. The van der Waals surface area contributed by atoms with Gasteiger partial charge in [-0.05, 0) is 63.4 Å². The van der Waals surface area contributed by atoms with Crippen LogP contribution in [-0.4, -0.2) is 54.8 Å². The third kappa shape index (κ3) is 7.82. The van der Waals surface area contributed by atoms with Crippen molar-refractivity contribution in [1.29, 1.82) is 0 Å². The molecule has 2 aromatic rings. The maximum Gasteiger partial charge on any atom is 0.573 e. The molecule has 1 aliphatic heterocycles. The third-order valence-corrected chi connectivity index (χ3v) is 5.94. The molecule has 0 aromatic heterocycles. The summed E-state index contributed by atoms with van der Waals surface area (Å²) in [4.78, 5) is 4.17. The predicted molar refractivity (Wildman–Crippen MR) is 123 cm³/mol. The van der Waals surface area contributed by atoms with E-state index in [1.807, 2.05) is 45.2 Å². The van der Waals surface area contributed by atoms with Crippen LogP contribution in [0.1, 0.15) is 38.7 Å². The summed E-state index contributed by atoms with van der Waals surface area (Å²) in [5, 5.41) is 11.1. The lowest BCUT2D eigenvalue weighted by molar-refractivity contribution is -0.275. The largest absolute Gasteiger partial charge is 0.573 e. The van der Waals surface area contributed by atoms with Crippen LogP contribution in [-0.2, 0) is 6.54 Å². The number of rotatable bonds is 9. The average molecular weight is 467 g/mol. The molecule has 0 spiro atoms. The fourth-order valence-electron chi connectivity index (χ4n) is 4.03. The summed E-state index contributed by atoms with van der Waals surface area (Å²) < 4.78 is 47.8. The first-order valence-electron chi connectivity index (χ1n) is 11.3. The summed E-state index contributed by atoms with van der Waals surface area (Å²) >= 11 is 0. The number of para-hydroxylation sites is 1. The summed E-state index contributed by atoms with van der Waals surface area (Å²) in [5.74, 6) is 0.660. The van der Waals surface area contributed by atoms with E-state index < -0.39 is 12.0 Å². The highest BCUT2D eigenvalue weighted by Gasteiger charge is 2.34. The average Bonchev–Trinajstić information content (AvgIpc) is 2.74. The molecule has 0 atom stereocenters. The summed E-state index contributed by atoms with van der Waals surface area (Å²) in [7, 11) is 1.99. The van der Waals surface area contributed by atoms with Gasteiger partial charge in [0.15, 0.2) is 0 Å². The number of likely N-dealkylation sites (tertiary alicyclic amines) is 1. The summed E-state index contributed by atoms with van der Waals surface area (Å²) in [6, 6.07) is 14.1. The molecule has 1 fully saturated rings. The molecule has 182 valence electrons. The van der Waals surface area contributed by atoms with E-state index in [-0.39, 0.29) is 11.9 Å². The molecule has 3 rings (SSSR count). The Kier molecular flexibility index (Phi) is 8.13. The number of nitrogens with zero attached hydrogens (tertiary/aromatic N) is 2. The number of anilines is 1. The third-order valence-electron chi connectivity index (χ3n) is 5.94. The molecule has 0 amide bonds. The molecular formula is C25H33F3N2O3. The smallest absolute Gasteiger partial charge is 0.491 e. The van der Waals surface area contributed by atoms with E-state index in [0.717, 1.165) is 11.4 Å². The standard InChI is InChI=1S/C25H33F3N2O3/c1-19(2)32-22-10-8-21(9-11-22)29(3)15-12-24(31)13-16-30(17-14-24)18-20-6-4-5-7-23(20)33-25(26,27)28/h4-11,19,31H,12-18H2,1-3H3. The summed E-state index contributed by atoms with van der Waals surface area (Å²) in [6.07, 6.45) is -2.82. The molecular weight excluding hydrogens is 433 g/mol. The van der Waals surface area contributed by atoms with E-state index >= 15 is 0 Å². The molecule has 0 aliphatic carbocycles. The van der Waals surface area contributed by atoms with E-state index in [0.29, 0.717) is 51.0 Å². The van der Waals surface area contributed by atoms with Crippen LogP contribution < -0.4 is 14.4 Å². The second kappa shape index (κ2) is 10.7. The first-order valence-corrected chi connectivity index (χ1v) is 11.3. The van der Waals surface area contributed by atoms with Gasteiger partial charge >= 0.3 is 6.36 Å². The first-order chi connectivity index (χ1) is 15.5. The number of benzene rings is 2. The number of hydrogen-bond donors (Lipinski definition) is 1. The minimum Gasteiger partial charge on any atom is -0.491 e. The van der Waals surface area contributed by atoms with Crippen molar-refractivity contribution in [2.24, 2.45) is 0 Å². The van der Waals surface area contributed by atoms with Crippen LogP contribution in [0.25, 0.3) is 0 Å². The maximum absolute atomic E-state index is 12.7. The van der Waals surface area contributed by atoms with E-state index in [1.54, 1.807) is 12.1 Å². The van der Waals surface area contributed by atoms with Gasteiger partial charge in [-0.2, -0.15) is 0 Å². The molecule has 0 radical (unpaired) electrons. The van der Waals surface area contributed by atoms with Crippen molar-refractivity contribution in [3.8, 4) is 11.5 Å². The van der Waals surface area contributed by atoms with Gasteiger partial charge in [0.2, 0.25) is 0 Å². The first kappa shape index (κ1) is 25.2. The molecule has 1 N–H and O–H groups in total. The molecule has 33 heavy (non-hydrogen) atoms. The van der Waals surface area contributed by atoms with Crippen molar-refractivity contribution in [3.05, 3.63) is 54.1 Å². The lowest BCUT2D eigenvalue weighted by atomic mass is 9.88. The minimum atomic E-state index is -4.72. The quantitative estimate of drug-likeness (QED) is 0.549. The SMILES string of the molecule is CC(C)Oc1ccc(N(C)CCC2(O)CCN(Cc3ccccc3OC(F)(F)F)CC2)cc1. The second-order valence-corrected chi connectivity index (χ2v) is 8.99. The van der Waals surface area contributed by atoms with Gasteiger partial charge in [-0.15, -0.1) is 13.2 Å². The molecule has 0 saturated carbocycles. The second-order valence-electron chi connectivity index (χ2n) is 8.99. The zero-order valence-electron chi connectivity index (χ0n) is 19.4. The Hall–Kier alpha value is -2.45. The van der Waals surface area contributed by atoms with Gasteiger partial charge < -0.3 is 19.5 Å². The van der Waals surface area contributed by atoms with Gasteiger partial charge in [0.25, 0.3) is 0 Å². The van der Waals surface area contributed by atoms with Gasteiger partial charge in [-0.1, -0.05) is 18.2 Å². The van der Waals surface area contributed by atoms with Crippen molar-refractivity contribution in [3.63, 3.8) is 0 Å². The van der Waals surface area contributed by atoms with Crippen molar-refractivity contribution >= 4 is 5.69 Å². The zero-order chi connectivity index (χ0) is 24.1. The molecule has 1 saturated heterocycles. The Bertz CT molecular complexity index is 879. The molecule has 8 heteroatoms. The van der Waals surface area contributed by atoms with E-state index in [9.17, 15) is 18.3 Å². The van der Waals surface area contributed by atoms with Gasteiger partial charge in [0.05, 0.1) is 11.7 Å². The predicted octanol–water partition coefficient (Wildman–Crippen LogP) is 5.23. The molecule has 5 nitrogen and oxygen atoms in total. The Morgan fingerprint density at radius 3 is 2.30 bits per heavy atom. The van der Waals surface area contributed by atoms with Gasteiger partial charge in [-0.25, -0.2) is 0 Å². The van der Waals surface area contributed by atoms with Gasteiger partial charge in [0, 0.05) is 44.5 Å². The van der Waals surface area contributed by atoms with Crippen molar-refractivity contribution < 1.29 is 27.8 Å². The maximum atomic E-state index is 12.7. The molecule has 1 aliphatic rings. The van der Waals surface area contributed by atoms with Crippen molar-refractivity contribution in [2.75, 3.05) is 31.6 Å². The van der Waals surface area contributed by atoms with E-state index in [1.165, 1.54) is 12.1 Å². The number of hydrogen-bond acceptors (Lipinski definition) is 5. The van der Waals surface area contributed by atoms with Crippen LogP contribution in [0.5, 0.6) is 11.5 Å². The topological polar surface area (TPSA) is 45.2 Å². The number of alkyl halides is 3. The molecule has 2 aromatic carbocycles. The lowest BCUT2D eigenvalue weighted by Gasteiger charge is -2.39. The van der Waals surface area contributed by atoms with Crippen LogP contribution in [0.15, 0.2) is 48.5 Å². The Morgan fingerprint density at radius 2 is 1.70 bits per heavy atom. The van der Waals surface area contributed by atoms with E-state index in [4.69, 9.17) is 4.74 Å². The minimum absolute atomic E-state index is 0.124. The van der Waals surface area contributed by atoms with Crippen molar-refractivity contribution in [2.45, 2.75) is 57.7 Å². The fourth-order valence-corrected chi connectivity index (χ4v) is 4.03. The Labute approximate surface area is 193 Å². The highest BCUT2D eigenvalue weighted by molar-refractivity contribution is 5.48. The summed E-state index contributed by atoms with van der Waals surface area (Å²) in [5.41, 5.74) is 0.756. The molecule has 1 heterocycles. The van der Waals surface area contributed by atoms with Gasteiger partial charge in [-0.3, -0.25) is 4.90 Å². The zero-order valence-corrected chi connectivity index (χ0v) is 19.4. The molecule has 0 bridgehead atoms. The highest BCUT2D eigenvalue weighted by Crippen LogP contribution is 2.31. The summed E-state index contributed by atoms with van der Waals surface area (Å²) in [6.45, 7) is 6.25. The number of piperidine rings is 1. The van der Waals surface area contributed by atoms with Crippen LogP contribution >= 0.6 is 0 Å².